The second kappa shape index (κ2) is 6.53. The van der Waals surface area contributed by atoms with Crippen LogP contribution in [0.15, 0.2) is 47.6 Å². The van der Waals surface area contributed by atoms with Crippen molar-refractivity contribution in [2.75, 3.05) is 26.3 Å². The van der Waals surface area contributed by atoms with E-state index in [2.05, 4.69) is 4.98 Å². The maximum atomic E-state index is 12.7. The highest BCUT2D eigenvalue weighted by Crippen LogP contribution is 2.34. The molecule has 3 heterocycles. The first kappa shape index (κ1) is 16.2. The molecule has 0 bridgehead atoms. The summed E-state index contributed by atoms with van der Waals surface area (Å²) in [5, 5.41) is 0. The van der Waals surface area contributed by atoms with E-state index in [1.54, 1.807) is 36.7 Å². The molecule has 0 atom stereocenters. The summed E-state index contributed by atoms with van der Waals surface area (Å²) in [4.78, 5) is 4.18. The standard InChI is InChI=1S/C17H18N2O5S/c20-25(21,15-4-5-16-17(9-15)23-8-2-7-22-16)19-11-14(12-19)24-13-3-1-6-18-10-13/h1,3-6,9-10,14H,2,7-8,11-12H2. The number of hydrogen-bond donors (Lipinski definition) is 0. The maximum absolute atomic E-state index is 12.7. The Morgan fingerprint density at radius 1 is 1.12 bits per heavy atom. The molecular weight excluding hydrogens is 344 g/mol. The number of rotatable bonds is 4. The quantitative estimate of drug-likeness (QED) is 0.824. The van der Waals surface area contributed by atoms with Crippen LogP contribution in [-0.4, -0.2) is 50.1 Å². The van der Waals surface area contributed by atoms with Crippen LogP contribution in [0.1, 0.15) is 6.42 Å². The second-order valence-corrected chi connectivity index (χ2v) is 7.85. The van der Waals surface area contributed by atoms with Crippen LogP contribution in [0.2, 0.25) is 0 Å². The minimum atomic E-state index is -3.57. The molecule has 0 unspecified atom stereocenters. The normalized spacial score (nSPS) is 18.2. The predicted octanol–water partition coefficient (Wildman–Crippen LogP) is 1.69. The molecule has 0 spiro atoms. The van der Waals surface area contributed by atoms with E-state index >= 15 is 0 Å². The zero-order chi connectivity index (χ0) is 17.3. The Bertz CT molecular complexity index is 851. The molecule has 132 valence electrons. The average molecular weight is 362 g/mol. The minimum absolute atomic E-state index is 0.167. The SMILES string of the molecule is O=S(=O)(c1ccc2c(c1)OCCCO2)N1CC(Oc2cccnc2)C1. The van der Waals surface area contributed by atoms with Crippen LogP contribution in [0.3, 0.4) is 0 Å². The van der Waals surface area contributed by atoms with Gasteiger partial charge in [0.05, 0.1) is 37.4 Å². The van der Waals surface area contributed by atoms with Gasteiger partial charge in [-0.3, -0.25) is 4.98 Å². The van der Waals surface area contributed by atoms with Crippen molar-refractivity contribution >= 4 is 10.0 Å². The van der Waals surface area contributed by atoms with E-state index in [1.807, 2.05) is 0 Å². The zero-order valence-corrected chi connectivity index (χ0v) is 14.3. The Hall–Kier alpha value is -2.32. The summed E-state index contributed by atoms with van der Waals surface area (Å²) in [6.07, 6.45) is 3.88. The number of ether oxygens (including phenoxy) is 3. The van der Waals surface area contributed by atoms with Gasteiger partial charge in [0.1, 0.15) is 11.9 Å². The first-order valence-corrected chi connectivity index (χ1v) is 9.53. The summed E-state index contributed by atoms with van der Waals surface area (Å²) in [5.74, 6) is 1.69. The van der Waals surface area contributed by atoms with E-state index in [1.165, 1.54) is 10.4 Å². The van der Waals surface area contributed by atoms with E-state index in [4.69, 9.17) is 14.2 Å². The van der Waals surface area contributed by atoms with E-state index < -0.39 is 10.0 Å². The van der Waals surface area contributed by atoms with Crippen LogP contribution < -0.4 is 14.2 Å². The number of hydrogen-bond acceptors (Lipinski definition) is 6. The molecule has 7 nitrogen and oxygen atoms in total. The van der Waals surface area contributed by atoms with Crippen molar-refractivity contribution in [3.63, 3.8) is 0 Å². The highest BCUT2D eigenvalue weighted by molar-refractivity contribution is 7.89. The molecule has 1 aromatic carbocycles. The molecule has 2 aliphatic rings. The van der Waals surface area contributed by atoms with E-state index in [9.17, 15) is 8.42 Å². The van der Waals surface area contributed by atoms with E-state index in [0.29, 0.717) is 43.6 Å². The van der Waals surface area contributed by atoms with E-state index in [-0.39, 0.29) is 11.0 Å². The van der Waals surface area contributed by atoms with E-state index in [0.717, 1.165) is 6.42 Å². The summed E-state index contributed by atoms with van der Waals surface area (Å²) >= 11 is 0. The Morgan fingerprint density at radius 2 is 1.92 bits per heavy atom. The summed E-state index contributed by atoms with van der Waals surface area (Å²) in [6.45, 7) is 1.71. The first-order chi connectivity index (χ1) is 12.1. The Labute approximate surface area is 146 Å². The lowest BCUT2D eigenvalue weighted by atomic mass is 10.2. The molecular formula is C17H18N2O5S. The lowest BCUT2D eigenvalue weighted by Crippen LogP contribution is -2.55. The molecule has 0 saturated carbocycles. The molecule has 0 N–H and O–H groups in total. The highest BCUT2D eigenvalue weighted by atomic mass is 32.2. The first-order valence-electron chi connectivity index (χ1n) is 8.09. The smallest absolute Gasteiger partial charge is 0.243 e. The molecule has 0 radical (unpaired) electrons. The van der Waals surface area contributed by atoms with Crippen molar-refractivity contribution in [1.29, 1.82) is 0 Å². The van der Waals surface area contributed by atoms with Crippen LogP contribution in [-0.2, 0) is 10.0 Å². The number of fused-ring (bicyclic) bond motifs is 1. The summed E-state index contributed by atoms with van der Waals surface area (Å²) in [6, 6.07) is 8.31. The van der Waals surface area contributed by atoms with Crippen LogP contribution in [0.25, 0.3) is 0 Å². The third-order valence-electron chi connectivity index (χ3n) is 4.11. The third-order valence-corrected chi connectivity index (χ3v) is 5.94. The van der Waals surface area contributed by atoms with Crippen LogP contribution in [0.4, 0.5) is 0 Å². The van der Waals surface area contributed by atoms with Crippen LogP contribution >= 0.6 is 0 Å². The molecule has 1 saturated heterocycles. The summed E-state index contributed by atoms with van der Waals surface area (Å²) in [7, 11) is -3.57. The third kappa shape index (κ3) is 3.27. The topological polar surface area (TPSA) is 78.0 Å². The fourth-order valence-corrected chi connectivity index (χ4v) is 4.25. The van der Waals surface area contributed by atoms with Gasteiger partial charge in [-0.05, 0) is 24.3 Å². The number of aromatic nitrogens is 1. The summed E-state index contributed by atoms with van der Waals surface area (Å²) < 4.78 is 43.7. The molecule has 1 fully saturated rings. The van der Waals surface area contributed by atoms with Crippen molar-refractivity contribution in [2.24, 2.45) is 0 Å². The van der Waals surface area contributed by atoms with Gasteiger partial charge in [-0.2, -0.15) is 4.31 Å². The van der Waals surface area contributed by atoms with Crippen LogP contribution in [0.5, 0.6) is 17.2 Å². The second-order valence-electron chi connectivity index (χ2n) is 5.91. The zero-order valence-electron chi connectivity index (χ0n) is 13.5. The van der Waals surface area contributed by atoms with Crippen molar-refractivity contribution in [2.45, 2.75) is 17.4 Å². The monoisotopic (exact) mass is 362 g/mol. The molecule has 8 heteroatoms. The van der Waals surface area contributed by atoms with Crippen LogP contribution in [0, 0.1) is 0 Å². The minimum Gasteiger partial charge on any atom is -0.490 e. The van der Waals surface area contributed by atoms with Gasteiger partial charge in [0.2, 0.25) is 10.0 Å². The van der Waals surface area contributed by atoms with Gasteiger partial charge < -0.3 is 14.2 Å². The number of sulfonamides is 1. The molecule has 0 aliphatic carbocycles. The molecule has 0 amide bonds. The van der Waals surface area contributed by atoms with Crippen molar-refractivity contribution in [3.8, 4) is 17.2 Å². The number of nitrogens with zero attached hydrogens (tertiary/aromatic N) is 2. The molecule has 25 heavy (non-hydrogen) atoms. The Morgan fingerprint density at radius 3 is 2.68 bits per heavy atom. The van der Waals surface area contributed by atoms with Crippen molar-refractivity contribution < 1.29 is 22.6 Å². The lowest BCUT2D eigenvalue weighted by molar-refractivity contribution is 0.0758. The Balaban J connectivity index is 1.45. The fourth-order valence-electron chi connectivity index (χ4n) is 2.73. The van der Waals surface area contributed by atoms with Gasteiger partial charge in [-0.25, -0.2) is 8.42 Å². The van der Waals surface area contributed by atoms with Gasteiger partial charge in [0.25, 0.3) is 0 Å². The molecule has 2 aromatic rings. The molecule has 2 aliphatic heterocycles. The van der Waals surface area contributed by atoms with Gasteiger partial charge >= 0.3 is 0 Å². The van der Waals surface area contributed by atoms with Gasteiger partial charge in [-0.1, -0.05) is 0 Å². The number of benzene rings is 1. The molecule has 1 aromatic heterocycles. The summed E-state index contributed by atoms with van der Waals surface area (Å²) in [5.41, 5.74) is 0. The Kier molecular flexibility index (Phi) is 4.22. The van der Waals surface area contributed by atoms with Gasteiger partial charge in [-0.15, -0.1) is 0 Å². The van der Waals surface area contributed by atoms with Gasteiger partial charge in [0.15, 0.2) is 11.5 Å². The van der Waals surface area contributed by atoms with Crippen molar-refractivity contribution in [3.05, 3.63) is 42.7 Å². The highest BCUT2D eigenvalue weighted by Gasteiger charge is 2.38. The number of pyridine rings is 1. The molecule has 4 rings (SSSR count). The largest absolute Gasteiger partial charge is 0.490 e. The fraction of sp³-hybridized carbons (Fsp3) is 0.353. The maximum Gasteiger partial charge on any atom is 0.243 e. The predicted molar refractivity (Wildman–Crippen MR) is 89.5 cm³/mol. The van der Waals surface area contributed by atoms with Gasteiger partial charge in [0, 0.05) is 18.7 Å². The lowest BCUT2D eigenvalue weighted by Gasteiger charge is -2.37. The average Bonchev–Trinajstić information content (AvgIpc) is 2.83. The van der Waals surface area contributed by atoms with Crippen molar-refractivity contribution in [1.82, 2.24) is 9.29 Å².